The first kappa shape index (κ1) is 17.4. The normalized spacial score (nSPS) is 13.4. The van der Waals surface area contributed by atoms with E-state index in [1.54, 1.807) is 0 Å². The van der Waals surface area contributed by atoms with Gasteiger partial charge in [0, 0.05) is 11.1 Å². The van der Waals surface area contributed by atoms with Gasteiger partial charge in [0.25, 0.3) is 0 Å². The number of nitrogens with zero attached hydrogens (tertiary/aromatic N) is 1. The second-order valence-corrected chi connectivity index (χ2v) is 20.2. The molecule has 0 radical (unpaired) electrons. The van der Waals surface area contributed by atoms with Gasteiger partial charge in [-0.05, 0) is 22.5 Å². The van der Waals surface area contributed by atoms with E-state index >= 15 is 0 Å². The van der Waals surface area contributed by atoms with Gasteiger partial charge < -0.3 is 0 Å². The monoisotopic (exact) mass is 329 g/mol. The maximum absolute atomic E-state index is 5.20. The molecule has 0 aliphatic carbocycles. The minimum atomic E-state index is -1.31. The number of hydrogen-bond acceptors (Lipinski definition) is 1. The molecule has 1 aromatic carbocycles. The van der Waals surface area contributed by atoms with Gasteiger partial charge in [-0.15, -0.1) is 0 Å². The zero-order valence-electron chi connectivity index (χ0n) is 15.5. The van der Waals surface area contributed by atoms with E-state index < -0.39 is 16.1 Å². The zero-order valence-corrected chi connectivity index (χ0v) is 17.5. The Morgan fingerprint density at radius 3 is 1.91 bits per heavy atom. The summed E-state index contributed by atoms with van der Waals surface area (Å²) in [5.74, 6) is 0.466. The van der Waals surface area contributed by atoms with Crippen LogP contribution in [0.3, 0.4) is 0 Å². The van der Waals surface area contributed by atoms with Crippen molar-refractivity contribution < 1.29 is 0 Å². The van der Waals surface area contributed by atoms with Gasteiger partial charge in [0.2, 0.25) is 0 Å². The van der Waals surface area contributed by atoms with Crippen LogP contribution in [0.1, 0.15) is 36.3 Å². The summed E-state index contributed by atoms with van der Waals surface area (Å²) >= 11 is 0. The molecule has 0 amide bonds. The van der Waals surface area contributed by atoms with E-state index in [2.05, 4.69) is 83.5 Å². The van der Waals surface area contributed by atoms with Crippen LogP contribution in [0.2, 0.25) is 39.3 Å². The first-order valence-corrected chi connectivity index (χ1v) is 15.6. The smallest absolute Gasteiger partial charge is 0.0513 e. The molecule has 120 valence electrons. The summed E-state index contributed by atoms with van der Waals surface area (Å²) in [5, 5.41) is 3.38. The maximum Gasteiger partial charge on any atom is 0.0513 e. The quantitative estimate of drug-likeness (QED) is 0.609. The Morgan fingerprint density at radius 1 is 0.864 bits per heavy atom. The highest BCUT2D eigenvalue weighted by Crippen LogP contribution is 2.37. The number of fused-ring (bicyclic) bond motifs is 1. The average molecular weight is 330 g/mol. The number of rotatable bonds is 4. The Hall–Kier alpha value is -0.936. The lowest BCUT2D eigenvalue weighted by Crippen LogP contribution is -2.47. The fourth-order valence-electron chi connectivity index (χ4n) is 4.02. The molecule has 0 atom stereocenters. The van der Waals surface area contributed by atoms with Crippen LogP contribution in [0, 0.1) is 0 Å². The first-order chi connectivity index (χ1) is 10.0. The predicted octanol–water partition coefficient (Wildman–Crippen LogP) is 6.20. The lowest BCUT2D eigenvalue weighted by Gasteiger charge is -2.38. The van der Waals surface area contributed by atoms with E-state index in [9.17, 15) is 0 Å². The van der Waals surface area contributed by atoms with Crippen molar-refractivity contribution in [3.05, 3.63) is 41.7 Å². The molecule has 0 saturated carbocycles. The van der Waals surface area contributed by atoms with Gasteiger partial charge in [0.05, 0.1) is 21.8 Å². The molecule has 0 aliphatic rings. The zero-order chi connectivity index (χ0) is 16.7. The number of aromatic nitrogens is 1. The molecule has 0 aliphatic heterocycles. The number of benzene rings is 1. The van der Waals surface area contributed by atoms with Crippen molar-refractivity contribution in [2.75, 3.05) is 0 Å². The maximum atomic E-state index is 5.20. The van der Waals surface area contributed by atoms with E-state index in [1.165, 1.54) is 22.2 Å². The second-order valence-electron chi connectivity index (χ2n) is 8.97. The van der Waals surface area contributed by atoms with Crippen LogP contribution >= 0.6 is 0 Å². The Morgan fingerprint density at radius 2 is 1.41 bits per heavy atom. The summed E-state index contributed by atoms with van der Waals surface area (Å²) in [6, 6.07) is 11.1. The third-order valence-corrected chi connectivity index (χ3v) is 13.6. The molecule has 1 aromatic heterocycles. The summed E-state index contributed by atoms with van der Waals surface area (Å²) in [5.41, 5.74) is 2.63. The number of pyridine rings is 1. The topological polar surface area (TPSA) is 12.9 Å². The highest BCUT2D eigenvalue weighted by atomic mass is 28.4. The fraction of sp³-hybridized carbons (Fsp3) is 0.526. The summed E-state index contributed by atoms with van der Waals surface area (Å²) < 4.78 is 0. The average Bonchev–Trinajstić information content (AvgIpc) is 2.34. The van der Waals surface area contributed by atoms with Crippen LogP contribution in [-0.2, 0) is 0 Å². The van der Waals surface area contributed by atoms with Crippen LogP contribution < -0.4 is 0 Å². The molecule has 0 N–H and O–H groups in total. The summed E-state index contributed by atoms with van der Waals surface area (Å²) in [7, 11) is -2.62. The highest BCUT2D eigenvalue weighted by Gasteiger charge is 2.39. The predicted molar refractivity (Wildman–Crippen MR) is 105 cm³/mol. The molecule has 1 nitrogen and oxygen atoms in total. The number of hydrogen-bond donors (Lipinski definition) is 0. The standard InChI is InChI=1S/C19H31NSi2/c1-14(2)18-16-12-10-9-11-15(16)13-17(20-18)19(21(3,4)5)22(6,7)8/h9-14,19H,1-8H3. The van der Waals surface area contributed by atoms with Crippen molar-refractivity contribution in [2.24, 2.45) is 0 Å². The highest BCUT2D eigenvalue weighted by molar-refractivity contribution is 6.96. The van der Waals surface area contributed by atoms with E-state index in [-0.39, 0.29) is 0 Å². The van der Waals surface area contributed by atoms with Gasteiger partial charge >= 0.3 is 0 Å². The molecule has 2 rings (SSSR count). The lowest BCUT2D eigenvalue weighted by atomic mass is 10.0. The van der Waals surface area contributed by atoms with Crippen molar-refractivity contribution in [3.63, 3.8) is 0 Å². The Labute approximate surface area is 138 Å². The summed E-state index contributed by atoms with van der Waals surface area (Å²) in [6.45, 7) is 19.5. The van der Waals surface area contributed by atoms with E-state index in [0.29, 0.717) is 11.1 Å². The van der Waals surface area contributed by atoms with Crippen molar-refractivity contribution in [3.8, 4) is 0 Å². The summed E-state index contributed by atoms with van der Waals surface area (Å²) in [4.78, 5) is 5.20. The second kappa shape index (κ2) is 5.93. The minimum Gasteiger partial charge on any atom is -0.257 e. The molecule has 0 fully saturated rings. The van der Waals surface area contributed by atoms with Crippen LogP contribution in [-0.4, -0.2) is 21.1 Å². The SMILES string of the molecule is CC(C)c1nc(C([Si](C)(C)C)[Si](C)(C)C)cc2ccccc12. The van der Waals surface area contributed by atoms with Gasteiger partial charge in [-0.2, -0.15) is 0 Å². The van der Waals surface area contributed by atoms with Gasteiger partial charge in [-0.1, -0.05) is 77.4 Å². The Bertz CT molecular complexity index is 649. The Balaban J connectivity index is 2.74. The molecular weight excluding hydrogens is 298 g/mol. The minimum absolute atomic E-state index is 0.466. The van der Waals surface area contributed by atoms with Crippen LogP contribution in [0.5, 0.6) is 0 Å². The molecular formula is C19H31NSi2. The van der Waals surface area contributed by atoms with Crippen molar-refractivity contribution in [1.29, 1.82) is 0 Å². The fourth-order valence-corrected chi connectivity index (χ4v) is 16.5. The first-order valence-electron chi connectivity index (χ1n) is 8.41. The van der Waals surface area contributed by atoms with Gasteiger partial charge in [-0.3, -0.25) is 4.98 Å². The molecule has 0 saturated heterocycles. The molecule has 2 aromatic rings. The molecule has 0 unspecified atom stereocenters. The third-order valence-electron chi connectivity index (χ3n) is 4.36. The van der Waals surface area contributed by atoms with Crippen LogP contribution in [0.25, 0.3) is 10.8 Å². The van der Waals surface area contributed by atoms with Gasteiger partial charge in [0.1, 0.15) is 0 Å². The van der Waals surface area contributed by atoms with Gasteiger partial charge in [-0.25, -0.2) is 0 Å². The van der Waals surface area contributed by atoms with E-state index in [0.717, 1.165) is 0 Å². The molecule has 0 bridgehead atoms. The molecule has 0 spiro atoms. The molecule has 1 heterocycles. The summed E-state index contributed by atoms with van der Waals surface area (Å²) in [6.07, 6.45) is 0. The third kappa shape index (κ3) is 3.52. The van der Waals surface area contributed by atoms with Crippen molar-refractivity contribution in [1.82, 2.24) is 4.98 Å². The lowest BCUT2D eigenvalue weighted by molar-refractivity contribution is 0.821. The van der Waals surface area contributed by atoms with Crippen molar-refractivity contribution >= 4 is 26.9 Å². The molecule has 22 heavy (non-hydrogen) atoms. The largest absolute Gasteiger partial charge is 0.257 e. The van der Waals surface area contributed by atoms with Gasteiger partial charge in [0.15, 0.2) is 0 Å². The molecule has 3 heteroatoms. The Kier molecular flexibility index (Phi) is 4.70. The van der Waals surface area contributed by atoms with Crippen LogP contribution in [0.4, 0.5) is 0 Å². The van der Waals surface area contributed by atoms with E-state index in [1.807, 2.05) is 0 Å². The van der Waals surface area contributed by atoms with Crippen LogP contribution in [0.15, 0.2) is 30.3 Å². The van der Waals surface area contributed by atoms with E-state index in [4.69, 9.17) is 4.98 Å². The van der Waals surface area contributed by atoms with Crippen molar-refractivity contribution in [2.45, 2.75) is 64.2 Å².